The average molecular weight is 374 g/mol. The van der Waals surface area contributed by atoms with Crippen LogP contribution in [-0.4, -0.2) is 35.2 Å². The Hall–Kier alpha value is -2.15. The summed E-state index contributed by atoms with van der Waals surface area (Å²) in [6.07, 6.45) is 2.83. The highest BCUT2D eigenvalue weighted by molar-refractivity contribution is 5.87. The zero-order valence-electron chi connectivity index (χ0n) is 16.1. The van der Waals surface area contributed by atoms with Gasteiger partial charge in [0.05, 0.1) is 16.6 Å². The van der Waals surface area contributed by atoms with Crippen molar-refractivity contribution in [1.29, 1.82) is 0 Å². The number of benzene rings is 1. The summed E-state index contributed by atoms with van der Waals surface area (Å²) in [4.78, 5) is 29.1. The van der Waals surface area contributed by atoms with Crippen molar-refractivity contribution >= 4 is 16.6 Å². The summed E-state index contributed by atoms with van der Waals surface area (Å²) in [6, 6.07) is 1.78. The Morgan fingerprint density at radius 2 is 2.07 bits per heavy atom. The van der Waals surface area contributed by atoms with Gasteiger partial charge in [0.2, 0.25) is 0 Å². The van der Waals surface area contributed by atoms with Crippen LogP contribution in [0.5, 0.6) is 0 Å². The fourth-order valence-corrected chi connectivity index (χ4v) is 4.52. The summed E-state index contributed by atoms with van der Waals surface area (Å²) in [5.74, 6) is 0.0625. The molecule has 7 heteroatoms. The molecule has 1 aromatic carbocycles. The van der Waals surface area contributed by atoms with Crippen molar-refractivity contribution in [3.8, 4) is 0 Å². The molecule has 1 aliphatic heterocycles. The van der Waals surface area contributed by atoms with Crippen LogP contribution >= 0.6 is 0 Å². The molecule has 1 aromatic heterocycles. The van der Waals surface area contributed by atoms with E-state index in [0.29, 0.717) is 28.7 Å². The van der Waals surface area contributed by atoms with Crippen LogP contribution in [0, 0.1) is 18.7 Å². The van der Waals surface area contributed by atoms with Gasteiger partial charge in [-0.2, -0.15) is 0 Å². The number of halogens is 1. The fourth-order valence-electron chi connectivity index (χ4n) is 4.52. The first kappa shape index (κ1) is 18.2. The van der Waals surface area contributed by atoms with E-state index < -0.39 is 11.2 Å². The number of fused-ring (bicyclic) bond motifs is 1. The molecule has 4 rings (SSSR count). The third-order valence-corrected chi connectivity index (χ3v) is 6.07. The van der Waals surface area contributed by atoms with E-state index in [9.17, 15) is 9.59 Å². The molecule has 0 unspecified atom stereocenters. The number of aryl methyl sites for hydroxylation is 1. The van der Waals surface area contributed by atoms with Crippen molar-refractivity contribution < 1.29 is 4.39 Å². The standard InChI is InChI=1S/C20H27FN4O2/c1-4-22-12(3)13-7-8-24(10-13)18-11(2)17-15(9-16(18)21)19(26)23-20(27)25(17)14-5-6-14/h9,12-14,22H,4-8,10H2,1-3H3,(H,23,26,27)/t12-,13+/m0/s1. The SMILES string of the molecule is CCN[C@@H](C)[C@@H]1CCN(c2c(F)cc3c(=O)[nH]c(=O)n(C4CC4)c3c2C)C1. The zero-order chi connectivity index (χ0) is 19.3. The van der Waals surface area contributed by atoms with Crippen LogP contribution in [0.3, 0.4) is 0 Å². The summed E-state index contributed by atoms with van der Waals surface area (Å²) < 4.78 is 16.7. The number of aromatic nitrogens is 2. The van der Waals surface area contributed by atoms with Gasteiger partial charge in [-0.15, -0.1) is 0 Å². The van der Waals surface area contributed by atoms with Crippen LogP contribution in [0.1, 0.15) is 44.7 Å². The highest BCUT2D eigenvalue weighted by Crippen LogP contribution is 2.39. The lowest BCUT2D eigenvalue weighted by Crippen LogP contribution is -2.35. The molecule has 2 atom stereocenters. The van der Waals surface area contributed by atoms with Gasteiger partial charge in [-0.1, -0.05) is 6.92 Å². The highest BCUT2D eigenvalue weighted by atomic mass is 19.1. The molecule has 2 N–H and O–H groups in total. The molecule has 146 valence electrons. The summed E-state index contributed by atoms with van der Waals surface area (Å²) in [7, 11) is 0. The Balaban J connectivity index is 1.82. The molecule has 2 aromatic rings. The first-order chi connectivity index (χ1) is 12.9. The first-order valence-electron chi connectivity index (χ1n) is 9.88. The number of nitrogens with zero attached hydrogens (tertiary/aromatic N) is 2. The quantitative estimate of drug-likeness (QED) is 0.843. The van der Waals surface area contributed by atoms with E-state index in [0.717, 1.165) is 38.9 Å². The second-order valence-electron chi connectivity index (χ2n) is 7.93. The van der Waals surface area contributed by atoms with Gasteiger partial charge in [0, 0.05) is 30.7 Å². The predicted molar refractivity (Wildman–Crippen MR) is 105 cm³/mol. The van der Waals surface area contributed by atoms with E-state index in [1.807, 2.05) is 6.92 Å². The lowest BCUT2D eigenvalue weighted by atomic mass is 10.0. The number of nitrogens with one attached hydrogen (secondary N) is 2. The van der Waals surface area contributed by atoms with Gasteiger partial charge in [0.25, 0.3) is 5.56 Å². The molecular formula is C20H27FN4O2. The summed E-state index contributed by atoms with van der Waals surface area (Å²) >= 11 is 0. The number of H-pyrrole nitrogens is 1. The van der Waals surface area contributed by atoms with Crippen molar-refractivity contribution in [2.45, 2.75) is 52.1 Å². The van der Waals surface area contributed by atoms with Crippen molar-refractivity contribution in [3.63, 3.8) is 0 Å². The molecule has 0 amide bonds. The maximum atomic E-state index is 15.0. The minimum atomic E-state index is -0.513. The summed E-state index contributed by atoms with van der Waals surface area (Å²) in [5, 5.41) is 3.72. The number of aromatic amines is 1. The maximum Gasteiger partial charge on any atom is 0.329 e. The van der Waals surface area contributed by atoms with Crippen LogP contribution in [0.4, 0.5) is 10.1 Å². The molecular weight excluding hydrogens is 347 g/mol. The molecule has 1 saturated heterocycles. The molecule has 2 aliphatic rings. The Morgan fingerprint density at radius 3 is 2.74 bits per heavy atom. The van der Waals surface area contributed by atoms with Crippen molar-refractivity contribution in [2.24, 2.45) is 5.92 Å². The van der Waals surface area contributed by atoms with Gasteiger partial charge >= 0.3 is 5.69 Å². The third-order valence-electron chi connectivity index (χ3n) is 6.07. The van der Waals surface area contributed by atoms with Gasteiger partial charge in [0.15, 0.2) is 0 Å². The van der Waals surface area contributed by atoms with E-state index >= 15 is 4.39 Å². The molecule has 0 radical (unpaired) electrons. The van der Waals surface area contributed by atoms with Crippen molar-refractivity contribution in [2.75, 3.05) is 24.5 Å². The Labute approximate surface area is 157 Å². The van der Waals surface area contributed by atoms with Crippen LogP contribution in [0.25, 0.3) is 10.9 Å². The minimum absolute atomic E-state index is 0.106. The second-order valence-corrected chi connectivity index (χ2v) is 7.93. The molecule has 0 bridgehead atoms. The normalized spacial score (nSPS) is 21.2. The van der Waals surface area contributed by atoms with Gasteiger partial charge in [-0.05, 0) is 51.6 Å². The Kier molecular flexibility index (Phi) is 4.58. The lowest BCUT2D eigenvalue weighted by Gasteiger charge is -2.25. The zero-order valence-corrected chi connectivity index (χ0v) is 16.1. The van der Waals surface area contributed by atoms with Crippen molar-refractivity contribution in [3.05, 3.63) is 38.3 Å². The van der Waals surface area contributed by atoms with E-state index in [1.54, 1.807) is 4.57 Å². The topological polar surface area (TPSA) is 70.1 Å². The lowest BCUT2D eigenvalue weighted by molar-refractivity contribution is 0.410. The summed E-state index contributed by atoms with van der Waals surface area (Å²) in [6.45, 7) is 8.56. The smallest absolute Gasteiger partial charge is 0.329 e. The van der Waals surface area contributed by atoms with Crippen LogP contribution in [0.15, 0.2) is 15.7 Å². The maximum absolute atomic E-state index is 15.0. The number of hydrogen-bond donors (Lipinski definition) is 2. The van der Waals surface area contributed by atoms with Crippen LogP contribution in [-0.2, 0) is 0 Å². The molecule has 27 heavy (non-hydrogen) atoms. The number of hydrogen-bond acceptors (Lipinski definition) is 4. The monoisotopic (exact) mass is 374 g/mol. The van der Waals surface area contributed by atoms with E-state index in [2.05, 4.69) is 29.0 Å². The molecule has 2 fully saturated rings. The van der Waals surface area contributed by atoms with Gasteiger partial charge in [0.1, 0.15) is 5.82 Å². The van der Waals surface area contributed by atoms with E-state index in [-0.39, 0.29) is 17.2 Å². The largest absolute Gasteiger partial charge is 0.369 e. The highest BCUT2D eigenvalue weighted by Gasteiger charge is 2.32. The molecule has 1 aliphatic carbocycles. The summed E-state index contributed by atoms with van der Waals surface area (Å²) in [5.41, 5.74) is 0.909. The molecule has 6 nitrogen and oxygen atoms in total. The van der Waals surface area contributed by atoms with E-state index in [1.165, 1.54) is 6.07 Å². The fraction of sp³-hybridized carbons (Fsp3) is 0.600. The van der Waals surface area contributed by atoms with Gasteiger partial charge < -0.3 is 10.2 Å². The van der Waals surface area contributed by atoms with Crippen LogP contribution < -0.4 is 21.5 Å². The Bertz CT molecular complexity index is 992. The third kappa shape index (κ3) is 3.08. The number of anilines is 1. The first-order valence-corrected chi connectivity index (χ1v) is 9.88. The molecule has 0 spiro atoms. The predicted octanol–water partition coefficient (Wildman–Crippen LogP) is 2.30. The van der Waals surface area contributed by atoms with E-state index in [4.69, 9.17) is 0 Å². The number of rotatable bonds is 5. The van der Waals surface area contributed by atoms with Crippen LogP contribution in [0.2, 0.25) is 0 Å². The van der Waals surface area contributed by atoms with Gasteiger partial charge in [-0.25, -0.2) is 9.18 Å². The molecule has 2 heterocycles. The molecule has 1 saturated carbocycles. The second kappa shape index (κ2) is 6.78. The average Bonchev–Trinajstić information content (AvgIpc) is 3.33. The Morgan fingerprint density at radius 1 is 1.33 bits per heavy atom. The van der Waals surface area contributed by atoms with Gasteiger partial charge in [-0.3, -0.25) is 14.3 Å². The minimum Gasteiger partial charge on any atom is -0.369 e. The van der Waals surface area contributed by atoms with Crippen molar-refractivity contribution in [1.82, 2.24) is 14.9 Å².